The van der Waals surface area contributed by atoms with Crippen molar-refractivity contribution < 1.29 is 272 Å². The number of nitrogens with zero attached hydrogens (tertiary/aromatic N) is 3. The van der Waals surface area contributed by atoms with E-state index in [1.54, 1.807) is 0 Å². The highest BCUT2D eigenvalue weighted by atomic mass is 19.5. The molecule has 4 rings (SSSR count). The molecule has 3 aromatic carbocycles. The van der Waals surface area contributed by atoms with Crippen molar-refractivity contribution in [3.63, 3.8) is 0 Å². The molecule has 0 saturated carbocycles. The number of nitro groups is 3. The number of carbonyl (C=O) groups is 3. The molecule has 0 saturated heterocycles. The number of ether oxygens (including phenoxy) is 4. The monoisotopic (exact) mass is 1990 g/mol. The molecule has 732 valence electrons. The largest absolute Gasteiger partial charge is 0.490 e. The van der Waals surface area contributed by atoms with Gasteiger partial charge in [-0.15, -0.1) is 0 Å². The minimum atomic E-state index is -9.22. The van der Waals surface area contributed by atoms with Crippen LogP contribution in [0.1, 0.15) is 96.1 Å². The summed E-state index contributed by atoms with van der Waals surface area (Å²) in [6, 6.07) is 1.41. The van der Waals surface area contributed by atoms with E-state index in [9.17, 15) is 269 Å². The van der Waals surface area contributed by atoms with Crippen LogP contribution in [0.4, 0.5) is 241 Å². The highest BCUT2D eigenvalue weighted by Crippen LogP contribution is 2.69. The van der Waals surface area contributed by atoms with Crippen molar-refractivity contribution in [2.24, 2.45) is 5.92 Å². The van der Waals surface area contributed by atoms with Crippen LogP contribution >= 0.6 is 0 Å². The molecular weight excluding hydrogens is 1950 g/mol. The quantitative estimate of drug-likeness (QED) is 0.0101. The maximum atomic E-state index is 15.0. The second-order valence-corrected chi connectivity index (χ2v) is 26.8. The lowest BCUT2D eigenvalue weighted by Crippen LogP contribution is -2.74. The van der Waals surface area contributed by atoms with Crippen LogP contribution in [-0.4, -0.2) is 202 Å². The fraction of sp³-hybridized carbons (Fsp3) is 0.656. The van der Waals surface area contributed by atoms with Crippen LogP contribution in [0, 0.1) is 36.3 Å². The smallest absolute Gasteiger partial charge is 0.460 e. The maximum Gasteiger partial charge on any atom is 0.460 e. The fourth-order valence-electron chi connectivity index (χ4n) is 10.8. The average molecular weight is 1990 g/mol. The Bertz CT molecular complexity index is 4460. The van der Waals surface area contributed by atoms with E-state index in [-0.39, 0.29) is 24.5 Å². The number of rotatable bonds is 46. The third-order valence-electron chi connectivity index (χ3n) is 18.1. The Morgan fingerprint density at radius 3 is 0.875 bits per heavy atom. The molecule has 3 aromatic rings. The van der Waals surface area contributed by atoms with E-state index in [4.69, 9.17) is 18.9 Å². The number of nitro benzene ring substituents is 3. The van der Waals surface area contributed by atoms with Gasteiger partial charge in [0.15, 0.2) is 17.3 Å². The zero-order valence-electron chi connectivity index (χ0n) is 60.2. The Labute approximate surface area is 670 Å². The first-order valence-corrected chi connectivity index (χ1v) is 32.8. The van der Waals surface area contributed by atoms with Crippen molar-refractivity contribution in [2.75, 3.05) is 26.4 Å². The SMILES string of the molecule is O=CCC(COC(=O)c1cc(OCCCCC(F)(F)C(F)(F)C(F)(F)C(F)(F)C(F)(F)C(F)(F)C(F)(F)C(F)(F)F)c(OCCCCC(F)(F)C(F)(F)C(F)(F)C(F)(F)C(F)(F)C(F)(F)C(F)(F)C(F)(F)F)c(OCCCCC(F)(F)C(F)(F)C(F)(F)C(F)(F)C(F)(F)C(F)(F)C(F)(F)C(F)(F)F)c1)Cc1cc2c(c([N+](=O)[O-])c1)-c1c(cc([N+](=O)[O-])cc1[N+](=O)[O-])C2=O. The van der Waals surface area contributed by atoms with Gasteiger partial charge in [-0.25, -0.2) is 4.79 Å². The molecule has 0 aliphatic heterocycles. The Morgan fingerprint density at radius 1 is 0.336 bits per heavy atom. The van der Waals surface area contributed by atoms with E-state index < -0.39 is 340 Å². The molecule has 128 heavy (non-hydrogen) atoms. The van der Waals surface area contributed by atoms with Gasteiger partial charge >= 0.3 is 149 Å². The normalized spacial score (nSPS) is 15.4. The number of hydrogen-bond acceptors (Lipinski definition) is 13. The van der Waals surface area contributed by atoms with Gasteiger partial charge in [0, 0.05) is 54.9 Å². The zero-order valence-corrected chi connectivity index (χ0v) is 60.2. The number of halogens is 51. The first kappa shape index (κ1) is 111. The number of carbonyl (C=O) groups excluding carboxylic acids is 3. The van der Waals surface area contributed by atoms with Crippen LogP contribution in [0.15, 0.2) is 36.4 Å². The summed E-state index contributed by atoms with van der Waals surface area (Å²) < 4.78 is 734. The summed E-state index contributed by atoms with van der Waals surface area (Å²) in [7, 11) is 0. The summed E-state index contributed by atoms with van der Waals surface area (Å²) in [4.78, 5) is 71.5. The van der Waals surface area contributed by atoms with Crippen LogP contribution in [0.3, 0.4) is 0 Å². The van der Waals surface area contributed by atoms with Gasteiger partial charge in [-0.1, -0.05) is 0 Å². The topological polar surface area (TPSA) is 218 Å². The second-order valence-electron chi connectivity index (χ2n) is 26.8. The van der Waals surface area contributed by atoms with Gasteiger partial charge in [0.2, 0.25) is 5.75 Å². The van der Waals surface area contributed by atoms with Gasteiger partial charge in [-0.05, 0) is 68.7 Å². The maximum absolute atomic E-state index is 15.0. The lowest BCUT2D eigenvalue weighted by molar-refractivity contribution is -0.461. The molecule has 1 aliphatic carbocycles. The number of aldehydes is 1. The van der Waals surface area contributed by atoms with E-state index in [0.717, 1.165) is 0 Å². The number of non-ortho nitro benzene ring substituents is 1. The first-order valence-electron chi connectivity index (χ1n) is 32.8. The number of benzene rings is 3. The van der Waals surface area contributed by atoms with Gasteiger partial charge in [0.1, 0.15) is 6.29 Å². The van der Waals surface area contributed by atoms with E-state index >= 15 is 0 Å². The number of fused-ring (bicyclic) bond motifs is 3. The molecule has 67 heteroatoms. The highest BCUT2D eigenvalue weighted by Gasteiger charge is 2.99. The van der Waals surface area contributed by atoms with Gasteiger partial charge in [0.25, 0.3) is 17.1 Å². The highest BCUT2D eigenvalue weighted by molar-refractivity contribution is 6.25. The van der Waals surface area contributed by atoms with Gasteiger partial charge in [-0.2, -0.15) is 224 Å². The molecule has 0 bridgehead atoms. The van der Waals surface area contributed by atoms with E-state index in [2.05, 4.69) is 0 Å². The number of alkyl halides is 51. The number of hydrogen-bond donors (Lipinski definition) is 0. The van der Waals surface area contributed by atoms with Crippen LogP contribution in [0.2, 0.25) is 0 Å². The number of unbranched alkanes of at least 4 members (excludes halogenated alkanes) is 3. The van der Waals surface area contributed by atoms with Crippen LogP contribution in [-0.2, 0) is 16.0 Å². The molecule has 0 N–H and O–H groups in total. The van der Waals surface area contributed by atoms with E-state index in [1.165, 1.54) is 0 Å². The van der Waals surface area contributed by atoms with Crippen molar-refractivity contribution in [1.29, 1.82) is 0 Å². The summed E-state index contributed by atoms with van der Waals surface area (Å²) >= 11 is 0. The van der Waals surface area contributed by atoms with Crippen LogP contribution < -0.4 is 14.2 Å². The molecule has 0 heterocycles. The second kappa shape index (κ2) is 34.7. The Morgan fingerprint density at radius 2 is 0.602 bits per heavy atom. The van der Waals surface area contributed by atoms with Crippen molar-refractivity contribution in [2.45, 2.75) is 214 Å². The summed E-state index contributed by atoms with van der Waals surface area (Å²) in [5.74, 6) is -194. The van der Waals surface area contributed by atoms with Gasteiger partial charge in [-0.3, -0.25) is 35.1 Å². The standard InChI is InChI=1S/C61H38F51N3O13/c62-38(63,41(68,69)44(74,75)47(80,81)50(86,87)53(92,93)56(98,99)59(104,105)106)8-1-4-12-125-31-18-25(37(118)128-22-23(7-11-116)15-24-16-27-33(29(17-24)114(121)122)34-28(35(27)117)20-26(113(119)120)21-30(34)115(123)124)19-32(126-13-5-2-9-39(64,65)42(70,71)45(76,77)48(82,83)51(88,89)54(94,95)57(100,101)60(107,108)109)36(31)127-14-6-3-10-40(66,67)43(72,73)46(78,79)49(84,85)52(90,91)55(96,97)58(102,103)61(110,111)112/h11,16-21,23H,1-10,12-15,22H2. The molecule has 1 unspecified atom stereocenters. The Kier molecular flexibility index (Phi) is 30.0. The average Bonchev–Trinajstić information content (AvgIpc) is 0.944. The number of esters is 1. The third-order valence-corrected chi connectivity index (χ3v) is 18.1. The predicted octanol–water partition coefficient (Wildman–Crippen LogP) is 23.9. The molecule has 16 nitrogen and oxygen atoms in total. The lowest BCUT2D eigenvalue weighted by atomic mass is 9.88. The molecule has 0 amide bonds. The van der Waals surface area contributed by atoms with Gasteiger partial charge < -0.3 is 23.7 Å². The van der Waals surface area contributed by atoms with Crippen molar-refractivity contribution >= 4 is 35.1 Å². The fourth-order valence-corrected chi connectivity index (χ4v) is 10.8. The van der Waals surface area contributed by atoms with Crippen LogP contribution in [0.5, 0.6) is 17.2 Å². The summed E-state index contributed by atoms with van der Waals surface area (Å²) in [5.41, 5.74) is -9.72. The lowest BCUT2D eigenvalue weighted by Gasteiger charge is -2.42. The summed E-state index contributed by atoms with van der Waals surface area (Å²) in [6.45, 7) is -7.48. The van der Waals surface area contributed by atoms with Crippen molar-refractivity contribution in [3.8, 4) is 28.4 Å². The molecule has 0 aromatic heterocycles. The first-order chi connectivity index (χ1) is 56.6. The minimum Gasteiger partial charge on any atom is -0.490 e. The summed E-state index contributed by atoms with van der Waals surface area (Å²) in [6.07, 6.45) is -49.7. The molecule has 0 fully saturated rings. The van der Waals surface area contributed by atoms with E-state index in [0.29, 0.717) is 18.2 Å². The Hall–Kier alpha value is -9.50. The van der Waals surface area contributed by atoms with Crippen molar-refractivity contribution in [1.82, 2.24) is 0 Å². The molecule has 1 aliphatic rings. The van der Waals surface area contributed by atoms with Crippen molar-refractivity contribution in [3.05, 3.63) is 89.0 Å². The Balaban J connectivity index is 1.94. The molecule has 1 atom stereocenters. The van der Waals surface area contributed by atoms with Crippen LogP contribution in [0.25, 0.3) is 11.1 Å². The van der Waals surface area contributed by atoms with Gasteiger partial charge in [0.05, 0.1) is 64.0 Å². The summed E-state index contributed by atoms with van der Waals surface area (Å²) in [5, 5.41) is 36.0. The van der Waals surface area contributed by atoms with E-state index in [1.807, 2.05) is 0 Å². The predicted molar refractivity (Wildman–Crippen MR) is 310 cm³/mol. The third kappa shape index (κ3) is 17.9. The molecular formula is C61H38F51N3O13. The minimum absolute atomic E-state index is 0.134. The molecule has 0 spiro atoms. The molecule has 0 radical (unpaired) electrons. The zero-order chi connectivity index (χ0) is 101. The number of ketones is 1.